The maximum absolute atomic E-state index is 8.64. The minimum absolute atomic E-state index is 0.347. The van der Waals surface area contributed by atoms with Crippen molar-refractivity contribution in [2.75, 3.05) is 19.7 Å². The topological polar surface area (TPSA) is 32.3 Å². The third-order valence-electron chi connectivity index (χ3n) is 3.71. The molecule has 0 amide bonds. The second kappa shape index (κ2) is 8.12. The molecular weight excluding hydrogens is 186 g/mol. The van der Waals surface area contributed by atoms with E-state index in [1.165, 1.54) is 38.6 Å². The molecule has 1 rings (SSSR count). The predicted molar refractivity (Wildman–Crippen MR) is 64.9 cm³/mol. The van der Waals surface area contributed by atoms with E-state index in [4.69, 9.17) is 5.11 Å². The Morgan fingerprint density at radius 1 is 1.13 bits per heavy atom. The van der Waals surface area contributed by atoms with Crippen LogP contribution in [0.15, 0.2) is 0 Å². The normalized spacial score (nSPS) is 26.8. The second-order valence-corrected chi connectivity index (χ2v) is 5.01. The zero-order valence-corrected chi connectivity index (χ0v) is 10.2. The largest absolute Gasteiger partial charge is 0.396 e. The predicted octanol–water partition coefficient (Wildman–Crippen LogP) is 2.56. The molecule has 1 aliphatic rings. The number of hydrogen-bond donors (Lipinski definition) is 2. The van der Waals surface area contributed by atoms with Crippen molar-refractivity contribution in [3.8, 4) is 0 Å². The second-order valence-electron chi connectivity index (χ2n) is 5.01. The molecule has 2 heteroatoms. The van der Waals surface area contributed by atoms with E-state index in [-0.39, 0.29) is 0 Å². The van der Waals surface area contributed by atoms with E-state index < -0.39 is 0 Å². The maximum atomic E-state index is 8.64. The molecule has 90 valence electrons. The van der Waals surface area contributed by atoms with Crippen LogP contribution in [0.4, 0.5) is 0 Å². The van der Waals surface area contributed by atoms with E-state index in [2.05, 4.69) is 12.2 Å². The van der Waals surface area contributed by atoms with Crippen molar-refractivity contribution in [2.24, 2.45) is 11.8 Å². The van der Waals surface area contributed by atoms with Gasteiger partial charge in [-0.15, -0.1) is 0 Å². The lowest BCUT2D eigenvalue weighted by Crippen LogP contribution is -2.29. The number of rotatable bonds is 7. The highest BCUT2D eigenvalue weighted by Gasteiger charge is 2.20. The van der Waals surface area contributed by atoms with Crippen LogP contribution in [0.5, 0.6) is 0 Å². The van der Waals surface area contributed by atoms with Crippen LogP contribution in [-0.2, 0) is 0 Å². The van der Waals surface area contributed by atoms with Crippen LogP contribution in [0.25, 0.3) is 0 Å². The first-order chi connectivity index (χ1) is 7.34. The first-order valence-electron chi connectivity index (χ1n) is 6.66. The van der Waals surface area contributed by atoms with Crippen molar-refractivity contribution in [3.05, 3.63) is 0 Å². The van der Waals surface area contributed by atoms with Gasteiger partial charge in [0.25, 0.3) is 0 Å². The van der Waals surface area contributed by atoms with E-state index in [0.29, 0.717) is 6.61 Å². The Morgan fingerprint density at radius 2 is 1.93 bits per heavy atom. The van der Waals surface area contributed by atoms with Crippen LogP contribution >= 0.6 is 0 Å². The van der Waals surface area contributed by atoms with Gasteiger partial charge in [0.05, 0.1) is 0 Å². The average molecular weight is 213 g/mol. The molecule has 1 aliphatic carbocycles. The summed E-state index contributed by atoms with van der Waals surface area (Å²) in [5, 5.41) is 12.2. The SMILES string of the molecule is CC1CCCCC1CNCCCCCO. The fourth-order valence-electron chi connectivity index (χ4n) is 2.52. The third-order valence-corrected chi connectivity index (χ3v) is 3.71. The number of nitrogens with one attached hydrogen (secondary N) is 1. The molecule has 0 heterocycles. The van der Waals surface area contributed by atoms with Crippen molar-refractivity contribution < 1.29 is 5.11 Å². The molecule has 15 heavy (non-hydrogen) atoms. The van der Waals surface area contributed by atoms with Gasteiger partial charge in [0, 0.05) is 6.61 Å². The van der Waals surface area contributed by atoms with Crippen molar-refractivity contribution in [2.45, 2.75) is 51.9 Å². The van der Waals surface area contributed by atoms with Gasteiger partial charge in [-0.25, -0.2) is 0 Å². The lowest BCUT2D eigenvalue weighted by Gasteiger charge is -2.28. The molecule has 0 bridgehead atoms. The molecule has 0 aliphatic heterocycles. The summed E-state index contributed by atoms with van der Waals surface area (Å²) < 4.78 is 0. The van der Waals surface area contributed by atoms with Crippen molar-refractivity contribution in [1.82, 2.24) is 5.32 Å². The highest BCUT2D eigenvalue weighted by molar-refractivity contribution is 4.73. The van der Waals surface area contributed by atoms with Crippen LogP contribution in [0.1, 0.15) is 51.9 Å². The van der Waals surface area contributed by atoms with Crippen LogP contribution < -0.4 is 5.32 Å². The molecule has 2 N–H and O–H groups in total. The molecular formula is C13H27NO. The first kappa shape index (κ1) is 13.0. The van der Waals surface area contributed by atoms with Gasteiger partial charge in [-0.05, 0) is 50.6 Å². The van der Waals surface area contributed by atoms with Gasteiger partial charge in [-0.3, -0.25) is 0 Å². The van der Waals surface area contributed by atoms with Gasteiger partial charge in [-0.1, -0.05) is 26.2 Å². The lowest BCUT2D eigenvalue weighted by molar-refractivity contribution is 0.247. The fourth-order valence-corrected chi connectivity index (χ4v) is 2.52. The monoisotopic (exact) mass is 213 g/mol. The molecule has 1 saturated carbocycles. The number of aliphatic hydroxyl groups excluding tert-OH is 1. The maximum Gasteiger partial charge on any atom is 0.0431 e. The van der Waals surface area contributed by atoms with Crippen LogP contribution in [0.3, 0.4) is 0 Å². The summed E-state index contributed by atoms with van der Waals surface area (Å²) in [4.78, 5) is 0. The Morgan fingerprint density at radius 3 is 2.67 bits per heavy atom. The Labute approximate surface area is 94.5 Å². The van der Waals surface area contributed by atoms with E-state index in [0.717, 1.165) is 31.2 Å². The lowest BCUT2D eigenvalue weighted by atomic mass is 9.80. The smallest absolute Gasteiger partial charge is 0.0431 e. The van der Waals surface area contributed by atoms with Crippen LogP contribution in [0.2, 0.25) is 0 Å². The highest BCUT2D eigenvalue weighted by Crippen LogP contribution is 2.28. The summed E-state index contributed by atoms with van der Waals surface area (Å²) in [5.74, 6) is 1.83. The van der Waals surface area contributed by atoms with E-state index in [1.807, 2.05) is 0 Å². The third kappa shape index (κ3) is 5.53. The van der Waals surface area contributed by atoms with Crippen molar-refractivity contribution >= 4 is 0 Å². The quantitative estimate of drug-likeness (QED) is 0.637. The first-order valence-corrected chi connectivity index (χ1v) is 6.66. The van der Waals surface area contributed by atoms with Crippen LogP contribution in [0, 0.1) is 11.8 Å². The number of unbranched alkanes of at least 4 members (excludes halogenated alkanes) is 2. The van der Waals surface area contributed by atoms with Crippen LogP contribution in [-0.4, -0.2) is 24.8 Å². The number of aliphatic hydroxyl groups is 1. The van der Waals surface area contributed by atoms with Gasteiger partial charge in [0.15, 0.2) is 0 Å². The summed E-state index contributed by atoms with van der Waals surface area (Å²) in [6.45, 7) is 5.08. The van der Waals surface area contributed by atoms with Gasteiger partial charge in [0.1, 0.15) is 0 Å². The average Bonchev–Trinajstić information content (AvgIpc) is 2.25. The molecule has 1 fully saturated rings. The number of hydrogen-bond acceptors (Lipinski definition) is 2. The summed E-state index contributed by atoms with van der Waals surface area (Å²) in [6, 6.07) is 0. The molecule has 0 saturated heterocycles. The Balaban J connectivity index is 1.94. The zero-order valence-electron chi connectivity index (χ0n) is 10.2. The van der Waals surface area contributed by atoms with Gasteiger partial charge in [0.2, 0.25) is 0 Å². The summed E-state index contributed by atoms with van der Waals surface area (Å²) in [7, 11) is 0. The summed E-state index contributed by atoms with van der Waals surface area (Å²) in [6.07, 6.45) is 9.05. The fraction of sp³-hybridized carbons (Fsp3) is 1.00. The minimum Gasteiger partial charge on any atom is -0.396 e. The van der Waals surface area contributed by atoms with Crippen molar-refractivity contribution in [1.29, 1.82) is 0 Å². The molecule has 2 nitrogen and oxygen atoms in total. The van der Waals surface area contributed by atoms with E-state index in [9.17, 15) is 0 Å². The standard InChI is InChI=1S/C13H27NO/c1-12-7-3-4-8-13(12)11-14-9-5-2-6-10-15/h12-15H,2-11H2,1H3. The van der Waals surface area contributed by atoms with Crippen molar-refractivity contribution in [3.63, 3.8) is 0 Å². The van der Waals surface area contributed by atoms with Gasteiger partial charge < -0.3 is 10.4 Å². The molecule has 0 aromatic heterocycles. The Bertz CT molecular complexity index is 149. The van der Waals surface area contributed by atoms with E-state index in [1.54, 1.807) is 0 Å². The zero-order chi connectivity index (χ0) is 10.9. The molecule has 0 aromatic carbocycles. The van der Waals surface area contributed by atoms with Gasteiger partial charge >= 0.3 is 0 Å². The summed E-state index contributed by atoms with van der Waals surface area (Å²) >= 11 is 0. The Hall–Kier alpha value is -0.0800. The molecule has 0 aromatic rings. The Kier molecular flexibility index (Phi) is 7.03. The minimum atomic E-state index is 0.347. The molecule has 0 radical (unpaired) electrons. The molecule has 2 unspecified atom stereocenters. The summed E-state index contributed by atoms with van der Waals surface area (Å²) in [5.41, 5.74) is 0. The van der Waals surface area contributed by atoms with Gasteiger partial charge in [-0.2, -0.15) is 0 Å². The highest BCUT2D eigenvalue weighted by atomic mass is 16.2. The molecule has 0 spiro atoms. The molecule has 2 atom stereocenters. The van der Waals surface area contributed by atoms with E-state index >= 15 is 0 Å².